The minimum Gasteiger partial charge on any atom is -0.493 e. The second-order valence-electron chi connectivity index (χ2n) is 21.7. The molecular formula is C58H88O3. The summed E-state index contributed by atoms with van der Waals surface area (Å²) in [6.45, 7) is 20.6. The Morgan fingerprint density at radius 3 is 0.803 bits per heavy atom. The van der Waals surface area contributed by atoms with Crippen molar-refractivity contribution in [1.29, 1.82) is 0 Å². The van der Waals surface area contributed by atoms with Crippen molar-refractivity contribution in [3.05, 3.63) is 91.0 Å². The lowest BCUT2D eigenvalue weighted by Crippen LogP contribution is -2.15. The molecule has 3 aromatic rings. The number of benzene rings is 3. The van der Waals surface area contributed by atoms with E-state index in [-0.39, 0.29) is 0 Å². The molecule has 12 rings (SSSR count). The third kappa shape index (κ3) is 15.1. The summed E-state index contributed by atoms with van der Waals surface area (Å²) in [5.74, 6) is 14.8. The first-order chi connectivity index (χ1) is 29.7. The van der Waals surface area contributed by atoms with Crippen LogP contribution in [0.15, 0.2) is 91.0 Å². The Morgan fingerprint density at radius 1 is 0.361 bits per heavy atom. The first-order valence-corrected chi connectivity index (χ1v) is 25.7. The Labute approximate surface area is 374 Å². The van der Waals surface area contributed by atoms with Crippen molar-refractivity contribution < 1.29 is 14.2 Å². The molecule has 0 spiro atoms. The van der Waals surface area contributed by atoms with Gasteiger partial charge in [-0.2, -0.15) is 0 Å². The van der Waals surface area contributed by atoms with Gasteiger partial charge in [-0.3, -0.25) is 0 Å². The van der Waals surface area contributed by atoms with E-state index in [1.807, 2.05) is 119 Å². The molecule has 0 radical (unpaired) electrons. The Kier molecular flexibility index (Phi) is 18.0. The Morgan fingerprint density at radius 2 is 0.590 bits per heavy atom. The molecule has 8 atom stereocenters. The van der Waals surface area contributed by atoms with Gasteiger partial charge in [0.05, 0.1) is 19.8 Å². The van der Waals surface area contributed by atoms with Gasteiger partial charge in [-0.25, -0.2) is 0 Å². The molecule has 0 amide bonds. The van der Waals surface area contributed by atoms with E-state index in [0.717, 1.165) is 102 Å². The van der Waals surface area contributed by atoms with Crippen LogP contribution in [0, 0.1) is 75.9 Å². The van der Waals surface area contributed by atoms with Crippen LogP contribution in [0.5, 0.6) is 17.2 Å². The number of hydrogen-bond acceptors (Lipinski definition) is 3. The molecule has 61 heavy (non-hydrogen) atoms. The lowest BCUT2D eigenvalue weighted by molar-refractivity contribution is 0.259. The molecule has 9 aliphatic rings. The molecule has 0 heterocycles. The Hall–Kier alpha value is -2.94. The monoisotopic (exact) mass is 833 g/mol. The lowest BCUT2D eigenvalue weighted by Gasteiger charge is -2.23. The van der Waals surface area contributed by atoms with Gasteiger partial charge in [0.1, 0.15) is 17.2 Å². The van der Waals surface area contributed by atoms with Gasteiger partial charge in [-0.05, 0) is 215 Å². The number of ether oxygens (including phenoxy) is 3. The number of fused-ring (bicyclic) bond motifs is 10. The molecule has 0 saturated heterocycles. The molecule has 3 aromatic carbocycles. The minimum atomic E-state index is 0.691. The van der Waals surface area contributed by atoms with Crippen molar-refractivity contribution in [2.45, 2.75) is 158 Å². The van der Waals surface area contributed by atoms with Gasteiger partial charge in [-0.15, -0.1) is 0 Å². The quantitative estimate of drug-likeness (QED) is 0.215. The first-order valence-electron chi connectivity index (χ1n) is 25.7. The third-order valence-corrected chi connectivity index (χ3v) is 15.5. The fourth-order valence-corrected chi connectivity index (χ4v) is 12.1. The Bertz CT molecular complexity index is 1420. The zero-order valence-electron chi connectivity index (χ0n) is 40.2. The van der Waals surface area contributed by atoms with Crippen LogP contribution in [0.3, 0.4) is 0 Å². The van der Waals surface area contributed by atoms with Crippen LogP contribution in [0.4, 0.5) is 0 Å². The van der Waals surface area contributed by atoms with Crippen LogP contribution in [0.2, 0.25) is 0 Å². The minimum absolute atomic E-state index is 0.691. The van der Waals surface area contributed by atoms with Crippen LogP contribution in [-0.4, -0.2) is 19.8 Å². The zero-order valence-corrected chi connectivity index (χ0v) is 40.2. The van der Waals surface area contributed by atoms with Crippen LogP contribution in [-0.2, 0) is 0 Å². The van der Waals surface area contributed by atoms with Crippen LogP contribution >= 0.6 is 0 Å². The molecule has 8 unspecified atom stereocenters. The molecule has 3 nitrogen and oxygen atoms in total. The zero-order chi connectivity index (χ0) is 43.2. The summed E-state index contributed by atoms with van der Waals surface area (Å²) in [5.41, 5.74) is 1.38. The van der Waals surface area contributed by atoms with Crippen LogP contribution in [0.1, 0.15) is 158 Å². The largest absolute Gasteiger partial charge is 0.493 e. The van der Waals surface area contributed by atoms with E-state index in [1.165, 1.54) is 38.5 Å². The van der Waals surface area contributed by atoms with E-state index in [9.17, 15) is 0 Å². The number of rotatable bonds is 9. The average Bonchev–Trinajstić information content (AvgIpc) is 4.25. The standard InChI is InChI=1S/2C12H20.3C10H12O.2C2H6/c2*1-12(2)6-10-8-3-4-9(5-8)11(10)7-12;3*1-2-4-10(5-3-1)11-8-9-6-7-9;2*1-2/h2*8-11H,3-7H2,1-2H3;3*1-5,9H,6-8H2;2*1-2H3. The van der Waals surface area contributed by atoms with Crippen molar-refractivity contribution in [3.63, 3.8) is 0 Å². The third-order valence-electron chi connectivity index (χ3n) is 15.5. The van der Waals surface area contributed by atoms with Gasteiger partial charge in [0.15, 0.2) is 0 Å². The summed E-state index contributed by atoms with van der Waals surface area (Å²) in [5, 5.41) is 0. The van der Waals surface area contributed by atoms with E-state index in [2.05, 4.69) is 27.7 Å². The van der Waals surface area contributed by atoms with Crippen molar-refractivity contribution in [2.75, 3.05) is 19.8 Å². The topological polar surface area (TPSA) is 27.7 Å². The van der Waals surface area contributed by atoms with Gasteiger partial charge in [0, 0.05) is 0 Å². The summed E-state index contributed by atoms with van der Waals surface area (Å²) in [6, 6.07) is 30.0. The average molecular weight is 833 g/mol. The highest BCUT2D eigenvalue weighted by molar-refractivity contribution is 5.22. The summed E-state index contributed by atoms with van der Waals surface area (Å²) in [7, 11) is 0. The highest BCUT2D eigenvalue weighted by Gasteiger charge is 2.54. The Balaban J connectivity index is 0.000000125. The molecule has 9 aliphatic carbocycles. The summed E-state index contributed by atoms with van der Waals surface area (Å²) in [4.78, 5) is 0. The normalized spacial score (nSPS) is 30.5. The van der Waals surface area contributed by atoms with Crippen LogP contribution < -0.4 is 14.2 Å². The van der Waals surface area contributed by atoms with Gasteiger partial charge in [0.2, 0.25) is 0 Å². The molecule has 4 bridgehead atoms. The van der Waals surface area contributed by atoms with Crippen molar-refractivity contribution in [2.24, 2.45) is 75.9 Å². The van der Waals surface area contributed by atoms with E-state index < -0.39 is 0 Å². The van der Waals surface area contributed by atoms with Gasteiger partial charge in [-0.1, -0.05) is 110 Å². The smallest absolute Gasteiger partial charge is 0.119 e. The highest BCUT2D eigenvalue weighted by Crippen LogP contribution is 2.64. The fourth-order valence-electron chi connectivity index (χ4n) is 12.1. The predicted octanol–water partition coefficient (Wildman–Crippen LogP) is 16.4. The second kappa shape index (κ2) is 23.1. The van der Waals surface area contributed by atoms with Crippen molar-refractivity contribution in [3.8, 4) is 17.2 Å². The predicted molar refractivity (Wildman–Crippen MR) is 258 cm³/mol. The fraction of sp³-hybridized carbons (Fsp3) is 0.690. The molecule has 0 N–H and O–H groups in total. The summed E-state index contributed by atoms with van der Waals surface area (Å²) < 4.78 is 16.6. The van der Waals surface area contributed by atoms with Gasteiger partial charge >= 0.3 is 0 Å². The van der Waals surface area contributed by atoms with E-state index in [1.54, 1.807) is 64.2 Å². The molecule has 3 heteroatoms. The van der Waals surface area contributed by atoms with Gasteiger partial charge in [0.25, 0.3) is 0 Å². The summed E-state index contributed by atoms with van der Waals surface area (Å²) in [6.07, 6.45) is 23.8. The summed E-state index contributed by atoms with van der Waals surface area (Å²) >= 11 is 0. The van der Waals surface area contributed by atoms with Crippen molar-refractivity contribution >= 4 is 0 Å². The number of hydrogen-bond donors (Lipinski definition) is 0. The number of para-hydroxylation sites is 3. The van der Waals surface area contributed by atoms with Crippen LogP contribution in [0.25, 0.3) is 0 Å². The van der Waals surface area contributed by atoms with E-state index in [4.69, 9.17) is 14.2 Å². The maximum atomic E-state index is 5.53. The molecule has 0 aliphatic heterocycles. The van der Waals surface area contributed by atoms with Crippen molar-refractivity contribution in [1.82, 2.24) is 0 Å². The lowest BCUT2D eigenvalue weighted by atomic mass is 9.82. The van der Waals surface area contributed by atoms with Gasteiger partial charge < -0.3 is 14.2 Å². The highest BCUT2D eigenvalue weighted by atomic mass is 16.5. The second-order valence-corrected chi connectivity index (χ2v) is 21.7. The molecular weight excluding hydrogens is 745 g/mol. The maximum Gasteiger partial charge on any atom is 0.119 e. The maximum absolute atomic E-state index is 5.53. The molecule has 0 aromatic heterocycles. The van der Waals surface area contributed by atoms with E-state index in [0.29, 0.717) is 10.8 Å². The first kappa shape index (κ1) is 47.5. The molecule has 9 saturated carbocycles. The molecule has 9 fully saturated rings. The SMILES string of the molecule is CC.CC.CC1(C)CC2C3CCC(C3)C2C1.CC1(C)CC2C3CCC(C3)C2C1.c1ccc(OCC2CC2)cc1.c1ccc(OCC2CC2)cc1.c1ccc(OCC2CC2)cc1. The molecule has 338 valence electrons. The van der Waals surface area contributed by atoms with E-state index >= 15 is 0 Å².